The standard InChI is InChI=1S/C21H30N6O4.C17H22ClN5O3.C12H6.C11H4/c1-21(2,3)31-20(28)27-7-5-25(6-8-27)18-17-15(13-22-14-16(17)29-4)23-19(24-18)26-9-11-30-12-10-26;1-17(2,3)26-16(24)23-7-5-22(6-8-23)14-13-11(20-15(18)21-14)9-19-10-12(13)25-4;1-3-5-7-9-11-12-10-8-6-4-2;1-3-5-7-9-11-10-8-6-4-2/h13-14H,5-12H2,1-4H3;9-10H,5-8H2,1-4H3;1-2H3;1H,2H3. The smallest absolute Gasteiger partial charge is 0.410 e. The first-order valence-electron chi connectivity index (χ1n) is 25.0. The molecule has 0 N–H and O–H groups in total. The molecule has 4 aromatic rings. The quantitative estimate of drug-likeness (QED) is 0.159. The number of morpholine rings is 1. The van der Waals surface area contributed by atoms with E-state index in [0.29, 0.717) is 94.4 Å². The summed E-state index contributed by atoms with van der Waals surface area (Å²) in [7, 11) is 3.20. The van der Waals surface area contributed by atoms with Crippen molar-refractivity contribution < 1.29 is 33.3 Å². The summed E-state index contributed by atoms with van der Waals surface area (Å²) < 4.78 is 27.4. The average Bonchev–Trinajstić information content (AvgIpc) is 3.51. The molecule has 0 aliphatic carbocycles. The fraction of sp³-hybridized carbons (Fsp3) is 0.410. The van der Waals surface area contributed by atoms with Crippen molar-refractivity contribution in [1.29, 1.82) is 0 Å². The fourth-order valence-electron chi connectivity index (χ4n) is 7.13. The van der Waals surface area contributed by atoms with E-state index in [4.69, 9.17) is 51.7 Å². The van der Waals surface area contributed by atoms with Crippen LogP contribution in [0.3, 0.4) is 0 Å². The van der Waals surface area contributed by atoms with Crippen LogP contribution >= 0.6 is 11.6 Å². The molecule has 18 nitrogen and oxygen atoms in total. The Morgan fingerprint density at radius 1 is 0.512 bits per heavy atom. The number of fused-ring (bicyclic) bond motifs is 2. The largest absolute Gasteiger partial charge is 0.494 e. The maximum atomic E-state index is 12.4. The first kappa shape index (κ1) is 62.9. The van der Waals surface area contributed by atoms with Gasteiger partial charge in [-0.3, -0.25) is 9.97 Å². The van der Waals surface area contributed by atoms with E-state index in [9.17, 15) is 9.59 Å². The van der Waals surface area contributed by atoms with Gasteiger partial charge in [-0.05, 0) is 169 Å². The molecule has 2 amide bonds. The lowest BCUT2D eigenvalue weighted by molar-refractivity contribution is 0.0230. The van der Waals surface area contributed by atoms with Gasteiger partial charge in [-0.25, -0.2) is 19.6 Å². The second-order valence-electron chi connectivity index (χ2n) is 18.4. The number of nitrogens with zero attached hydrogens (tertiary/aromatic N) is 11. The molecule has 3 aliphatic heterocycles. The molecule has 80 heavy (non-hydrogen) atoms. The Hall–Kier alpha value is -9.63. The molecular formula is C61H62ClN11O7. The summed E-state index contributed by atoms with van der Waals surface area (Å²) in [6.45, 7) is 23.8. The highest BCUT2D eigenvalue weighted by atomic mass is 35.5. The van der Waals surface area contributed by atoms with Gasteiger partial charge in [0.05, 0.1) is 68.5 Å². The molecule has 19 heteroatoms. The zero-order chi connectivity index (χ0) is 58.3. The number of terminal acetylenes is 1. The molecule has 0 radical (unpaired) electrons. The number of carbonyl (C=O) groups excluding carboxylic acids is 2. The molecule has 0 saturated carbocycles. The Morgan fingerprint density at radius 3 is 1.26 bits per heavy atom. The van der Waals surface area contributed by atoms with Crippen LogP contribution in [0.2, 0.25) is 5.28 Å². The summed E-state index contributed by atoms with van der Waals surface area (Å²) in [6.07, 6.45) is 10.9. The Labute approximate surface area is 475 Å². The molecule has 0 spiro atoms. The number of amides is 2. The van der Waals surface area contributed by atoms with E-state index in [1.54, 1.807) is 69.6 Å². The van der Waals surface area contributed by atoms with E-state index in [1.807, 2.05) is 41.5 Å². The normalized spacial score (nSPS) is 12.9. The summed E-state index contributed by atoms with van der Waals surface area (Å²) in [5, 5.41) is 1.75. The molecule has 3 aliphatic rings. The predicted octanol–water partition coefficient (Wildman–Crippen LogP) is 6.37. The van der Waals surface area contributed by atoms with Crippen LogP contribution in [0.25, 0.3) is 21.8 Å². The van der Waals surface area contributed by atoms with Gasteiger partial charge in [-0.2, -0.15) is 9.97 Å². The van der Waals surface area contributed by atoms with Crippen molar-refractivity contribution in [1.82, 2.24) is 39.7 Å². The van der Waals surface area contributed by atoms with Crippen LogP contribution in [0.5, 0.6) is 11.5 Å². The van der Waals surface area contributed by atoms with E-state index < -0.39 is 11.2 Å². The van der Waals surface area contributed by atoms with E-state index in [2.05, 4.69) is 147 Å². The Bertz CT molecular complexity index is 3440. The van der Waals surface area contributed by atoms with Crippen LogP contribution in [0.15, 0.2) is 24.8 Å². The van der Waals surface area contributed by atoms with Crippen LogP contribution in [-0.2, 0) is 14.2 Å². The second kappa shape index (κ2) is 32.8. The molecule has 0 aromatic carbocycles. The Morgan fingerprint density at radius 2 is 0.887 bits per heavy atom. The molecule has 3 saturated heterocycles. The predicted molar refractivity (Wildman–Crippen MR) is 312 cm³/mol. The number of anilines is 3. The molecule has 7 heterocycles. The highest BCUT2D eigenvalue weighted by Crippen LogP contribution is 2.35. The maximum Gasteiger partial charge on any atom is 0.410 e. The van der Waals surface area contributed by atoms with Crippen molar-refractivity contribution in [3.05, 3.63) is 30.1 Å². The van der Waals surface area contributed by atoms with Crippen molar-refractivity contribution in [3.63, 3.8) is 0 Å². The third kappa shape index (κ3) is 21.1. The number of piperazine rings is 2. The zero-order valence-corrected chi connectivity index (χ0v) is 47.8. The van der Waals surface area contributed by atoms with E-state index in [0.717, 1.165) is 35.2 Å². The summed E-state index contributed by atoms with van der Waals surface area (Å²) >= 11 is 6.09. The first-order chi connectivity index (χ1) is 38.5. The van der Waals surface area contributed by atoms with Gasteiger partial charge in [0.15, 0.2) is 0 Å². The number of carbonyl (C=O) groups is 2. The average molecular weight is 1100 g/mol. The maximum absolute atomic E-state index is 12.4. The van der Waals surface area contributed by atoms with Crippen LogP contribution in [0.1, 0.15) is 62.3 Å². The molecule has 0 bridgehead atoms. The zero-order valence-electron chi connectivity index (χ0n) is 47.0. The van der Waals surface area contributed by atoms with Crippen LogP contribution in [-0.4, -0.2) is 156 Å². The number of methoxy groups -OCH3 is 2. The summed E-state index contributed by atoms with van der Waals surface area (Å²) in [5.41, 5.74) is 0.337. The van der Waals surface area contributed by atoms with Gasteiger partial charge in [0.25, 0.3) is 0 Å². The van der Waals surface area contributed by atoms with E-state index in [1.165, 1.54) is 0 Å². The monoisotopic (exact) mass is 1100 g/mol. The fourth-order valence-corrected chi connectivity index (χ4v) is 7.30. The first-order valence-corrected chi connectivity index (χ1v) is 25.4. The summed E-state index contributed by atoms with van der Waals surface area (Å²) in [6, 6.07) is 0. The molecular weight excluding hydrogens is 1030 g/mol. The lowest BCUT2D eigenvalue weighted by Crippen LogP contribution is -2.50. The Kier molecular flexibility index (Phi) is 25.8. The third-order valence-corrected chi connectivity index (χ3v) is 10.7. The van der Waals surface area contributed by atoms with Crippen molar-refractivity contribution in [3.8, 4) is 130 Å². The van der Waals surface area contributed by atoms with Gasteiger partial charge in [-0.1, -0.05) is 17.8 Å². The van der Waals surface area contributed by atoms with E-state index in [-0.39, 0.29) is 17.5 Å². The molecule has 0 atom stereocenters. The SMILES string of the molecule is C#CC#CC#CC#CC#CC.CC#CC#CC#CC#CC#CC.COc1cncc2nc(Cl)nc(N3CCN(C(=O)OC(C)(C)C)CC3)c12.COc1cncc2nc(N3CCOCC3)nc(N3CCN(C(=O)OC(C)(C)C)CC3)c12. The van der Waals surface area contributed by atoms with Crippen molar-refractivity contribution in [2.45, 2.75) is 73.5 Å². The van der Waals surface area contributed by atoms with Crippen LogP contribution in [0, 0.1) is 119 Å². The minimum absolute atomic E-state index is 0.150. The van der Waals surface area contributed by atoms with Crippen LogP contribution < -0.4 is 24.2 Å². The number of hydrogen-bond donors (Lipinski definition) is 0. The van der Waals surface area contributed by atoms with Gasteiger partial charge >= 0.3 is 12.2 Å². The molecule has 0 unspecified atom stereocenters. The second-order valence-corrected chi connectivity index (χ2v) is 18.8. The lowest BCUT2D eigenvalue weighted by Gasteiger charge is -2.37. The number of aromatic nitrogens is 6. The minimum Gasteiger partial charge on any atom is -0.494 e. The van der Waals surface area contributed by atoms with E-state index >= 15 is 0 Å². The number of ether oxygens (including phenoxy) is 5. The van der Waals surface area contributed by atoms with Crippen molar-refractivity contribution >= 4 is 63.2 Å². The topological polar surface area (TPSA) is 174 Å². The van der Waals surface area contributed by atoms with Gasteiger partial charge in [0.2, 0.25) is 11.2 Å². The van der Waals surface area contributed by atoms with Crippen molar-refractivity contribution in [2.75, 3.05) is 108 Å². The van der Waals surface area contributed by atoms with Gasteiger partial charge in [0, 0.05) is 65.4 Å². The van der Waals surface area contributed by atoms with Gasteiger partial charge in [-0.15, -0.1) is 6.42 Å². The highest BCUT2D eigenvalue weighted by Gasteiger charge is 2.30. The summed E-state index contributed by atoms with van der Waals surface area (Å²) in [5.74, 6) is 50.9. The highest BCUT2D eigenvalue weighted by molar-refractivity contribution is 6.29. The molecule has 410 valence electrons. The van der Waals surface area contributed by atoms with Gasteiger partial charge < -0.3 is 48.2 Å². The summed E-state index contributed by atoms with van der Waals surface area (Å²) in [4.78, 5) is 61.2. The third-order valence-electron chi connectivity index (χ3n) is 10.5. The number of hydrogen-bond acceptors (Lipinski definition) is 16. The van der Waals surface area contributed by atoms with Crippen molar-refractivity contribution in [2.24, 2.45) is 0 Å². The molecule has 7 rings (SSSR count). The molecule has 4 aromatic heterocycles. The number of halogens is 1. The Balaban J connectivity index is 0.000000252. The number of pyridine rings is 2. The number of rotatable bonds is 5. The van der Waals surface area contributed by atoms with Crippen LogP contribution in [0.4, 0.5) is 27.2 Å². The minimum atomic E-state index is -0.509. The lowest BCUT2D eigenvalue weighted by atomic mass is 10.2. The van der Waals surface area contributed by atoms with Gasteiger partial charge in [0.1, 0.15) is 39.9 Å². The molecule has 3 fully saturated rings.